The van der Waals surface area contributed by atoms with Crippen molar-refractivity contribution in [3.63, 3.8) is 0 Å². The molecule has 0 amide bonds. The van der Waals surface area contributed by atoms with Crippen LogP contribution in [-0.4, -0.2) is 0 Å². The molecule has 0 fully saturated rings. The lowest BCUT2D eigenvalue weighted by molar-refractivity contribution is 0.574. The van der Waals surface area contributed by atoms with Crippen molar-refractivity contribution in [1.29, 1.82) is 0 Å². The van der Waals surface area contributed by atoms with E-state index in [-0.39, 0.29) is 6.54 Å². The summed E-state index contributed by atoms with van der Waals surface area (Å²) in [6.45, 7) is 0.269. The maximum absolute atomic E-state index is 13.5. The summed E-state index contributed by atoms with van der Waals surface area (Å²) in [4.78, 5) is 0. The summed E-state index contributed by atoms with van der Waals surface area (Å²) in [6, 6.07) is 7.31. The third kappa shape index (κ3) is 3.77. The van der Waals surface area contributed by atoms with E-state index in [0.29, 0.717) is 5.56 Å². The quantitative estimate of drug-likeness (QED) is 0.611. The van der Waals surface area contributed by atoms with Gasteiger partial charge in [-0.2, -0.15) is 0 Å². The van der Waals surface area contributed by atoms with Gasteiger partial charge in [-0.05, 0) is 50.1 Å². The maximum Gasteiger partial charge on any atom is 0.131 e. The molecule has 0 aliphatic heterocycles. The fourth-order valence-electron chi connectivity index (χ4n) is 1.56. The lowest BCUT2D eigenvalue weighted by Gasteiger charge is -2.12. The third-order valence-electron chi connectivity index (χ3n) is 2.48. The molecule has 19 heavy (non-hydrogen) atoms. The number of anilines is 1. The van der Waals surface area contributed by atoms with Gasteiger partial charge in [0.2, 0.25) is 0 Å². The molecule has 1 N–H and O–H groups in total. The van der Waals surface area contributed by atoms with Crippen LogP contribution in [-0.2, 0) is 6.54 Å². The van der Waals surface area contributed by atoms with Crippen LogP contribution in [0.4, 0.5) is 14.5 Å². The topological polar surface area (TPSA) is 12.0 Å². The summed E-state index contributed by atoms with van der Waals surface area (Å²) < 4.78 is 28.9. The van der Waals surface area contributed by atoms with Crippen molar-refractivity contribution in [3.05, 3.63) is 60.9 Å². The predicted molar refractivity (Wildman–Crippen MR) is 83.2 cm³/mol. The second-order valence-corrected chi connectivity index (χ2v) is 6.46. The number of hydrogen-bond acceptors (Lipinski definition) is 1. The van der Waals surface area contributed by atoms with Crippen molar-refractivity contribution < 1.29 is 8.78 Å². The Balaban J connectivity index is 2.19. The lowest BCUT2D eigenvalue weighted by atomic mass is 10.2. The van der Waals surface area contributed by atoms with Gasteiger partial charge in [-0.15, -0.1) is 0 Å². The van der Waals surface area contributed by atoms with Gasteiger partial charge >= 0.3 is 0 Å². The van der Waals surface area contributed by atoms with E-state index in [4.69, 9.17) is 0 Å². The first-order valence-corrected chi connectivity index (χ1v) is 7.67. The summed E-state index contributed by atoms with van der Waals surface area (Å²) >= 11 is 10.2. The zero-order valence-corrected chi connectivity index (χ0v) is 14.2. The standard InChI is InChI=1S/C13H8Br3F2N/c14-8-3-10(15)13(11(16)4-8)19-6-7-1-2-9(17)5-12(7)18/h1-5,19H,6H2. The zero-order chi connectivity index (χ0) is 14.0. The lowest BCUT2D eigenvalue weighted by Crippen LogP contribution is -2.03. The van der Waals surface area contributed by atoms with E-state index in [1.165, 1.54) is 12.1 Å². The Morgan fingerprint density at radius 2 is 1.58 bits per heavy atom. The summed E-state index contributed by atoms with van der Waals surface area (Å²) in [5.41, 5.74) is 1.22. The van der Waals surface area contributed by atoms with Crippen LogP contribution in [0.1, 0.15) is 5.56 Å². The minimum Gasteiger partial charge on any atom is -0.379 e. The molecule has 0 atom stereocenters. The zero-order valence-electron chi connectivity index (χ0n) is 9.48. The van der Waals surface area contributed by atoms with Crippen molar-refractivity contribution in [1.82, 2.24) is 0 Å². The minimum absolute atomic E-state index is 0.269. The van der Waals surface area contributed by atoms with E-state index in [0.717, 1.165) is 25.2 Å². The number of nitrogens with one attached hydrogen (secondary N) is 1. The maximum atomic E-state index is 13.5. The van der Waals surface area contributed by atoms with Crippen LogP contribution < -0.4 is 5.32 Å². The molecule has 6 heteroatoms. The first-order valence-electron chi connectivity index (χ1n) is 5.29. The van der Waals surface area contributed by atoms with Crippen molar-refractivity contribution in [2.75, 3.05) is 5.32 Å². The van der Waals surface area contributed by atoms with Crippen LogP contribution in [0.5, 0.6) is 0 Å². The molecule has 0 aliphatic rings. The monoisotopic (exact) mass is 453 g/mol. The molecule has 2 aromatic carbocycles. The van der Waals surface area contributed by atoms with Crippen molar-refractivity contribution in [2.45, 2.75) is 6.54 Å². The van der Waals surface area contributed by atoms with Crippen LogP contribution >= 0.6 is 47.8 Å². The van der Waals surface area contributed by atoms with Gasteiger partial charge in [0, 0.05) is 31.6 Å². The number of rotatable bonds is 3. The van der Waals surface area contributed by atoms with Crippen molar-refractivity contribution >= 4 is 53.5 Å². The smallest absolute Gasteiger partial charge is 0.131 e. The van der Waals surface area contributed by atoms with E-state index in [9.17, 15) is 8.78 Å². The summed E-state index contributed by atoms with van der Waals surface area (Å²) in [5.74, 6) is -1.14. The highest BCUT2D eigenvalue weighted by molar-refractivity contribution is 9.11. The molecule has 2 aromatic rings. The van der Waals surface area contributed by atoms with Crippen LogP contribution in [0.25, 0.3) is 0 Å². The average Bonchev–Trinajstić information content (AvgIpc) is 2.30. The van der Waals surface area contributed by atoms with Crippen LogP contribution in [0, 0.1) is 11.6 Å². The van der Waals surface area contributed by atoms with Crippen molar-refractivity contribution in [3.8, 4) is 0 Å². The second kappa shape index (κ2) is 6.33. The molecule has 0 saturated heterocycles. The van der Waals surface area contributed by atoms with Gasteiger partial charge in [-0.1, -0.05) is 22.0 Å². The Kier molecular flexibility index (Phi) is 4.97. The normalized spacial score (nSPS) is 10.6. The molecule has 1 nitrogen and oxygen atoms in total. The van der Waals surface area contributed by atoms with Crippen molar-refractivity contribution in [2.24, 2.45) is 0 Å². The summed E-state index contributed by atoms with van der Waals surface area (Å²) in [5, 5.41) is 3.11. The van der Waals surface area contributed by atoms with Gasteiger partial charge in [0.25, 0.3) is 0 Å². The Hall–Kier alpha value is -0.460. The fourth-order valence-corrected chi connectivity index (χ4v) is 4.10. The fraction of sp³-hybridized carbons (Fsp3) is 0.0769. The molecule has 0 heterocycles. The second-order valence-electron chi connectivity index (χ2n) is 3.83. The van der Waals surface area contributed by atoms with E-state index in [1.807, 2.05) is 12.1 Å². The van der Waals surface area contributed by atoms with Gasteiger partial charge in [-0.25, -0.2) is 8.78 Å². The summed E-state index contributed by atoms with van der Waals surface area (Å²) in [6.07, 6.45) is 0. The van der Waals surface area contributed by atoms with E-state index >= 15 is 0 Å². The molecule has 0 bridgehead atoms. The van der Waals surface area contributed by atoms with Gasteiger partial charge in [0.05, 0.1) is 5.69 Å². The Bertz CT molecular complexity index is 594. The first-order chi connectivity index (χ1) is 8.97. The third-order valence-corrected chi connectivity index (χ3v) is 4.19. The number of halogens is 5. The molecule has 0 spiro atoms. The highest BCUT2D eigenvalue weighted by Gasteiger charge is 2.08. The van der Waals surface area contributed by atoms with Gasteiger partial charge in [0.1, 0.15) is 11.6 Å². The molecular weight excluding hydrogens is 448 g/mol. The molecular formula is C13H8Br3F2N. The molecule has 0 unspecified atom stereocenters. The highest BCUT2D eigenvalue weighted by Crippen LogP contribution is 2.34. The van der Waals surface area contributed by atoms with Gasteiger partial charge in [0.15, 0.2) is 0 Å². The van der Waals surface area contributed by atoms with E-state index in [2.05, 4.69) is 53.1 Å². The predicted octanol–water partition coefficient (Wildman–Crippen LogP) is 5.86. The number of benzene rings is 2. The Labute approximate surface area is 134 Å². The molecule has 0 saturated carbocycles. The summed E-state index contributed by atoms with van der Waals surface area (Å²) in [7, 11) is 0. The van der Waals surface area contributed by atoms with Gasteiger partial charge in [-0.3, -0.25) is 0 Å². The Morgan fingerprint density at radius 3 is 2.16 bits per heavy atom. The van der Waals surface area contributed by atoms with Crippen LogP contribution in [0.2, 0.25) is 0 Å². The highest BCUT2D eigenvalue weighted by atomic mass is 79.9. The van der Waals surface area contributed by atoms with E-state index in [1.54, 1.807) is 0 Å². The largest absolute Gasteiger partial charge is 0.379 e. The van der Waals surface area contributed by atoms with E-state index < -0.39 is 11.6 Å². The molecule has 0 aromatic heterocycles. The van der Waals surface area contributed by atoms with Crippen LogP contribution in [0.3, 0.4) is 0 Å². The van der Waals surface area contributed by atoms with Crippen LogP contribution in [0.15, 0.2) is 43.7 Å². The average molecular weight is 456 g/mol. The molecule has 0 aliphatic carbocycles. The molecule has 100 valence electrons. The van der Waals surface area contributed by atoms with Gasteiger partial charge < -0.3 is 5.32 Å². The minimum atomic E-state index is -0.577. The molecule has 2 rings (SSSR count). The SMILES string of the molecule is Fc1ccc(CNc2c(Br)cc(Br)cc2Br)c(F)c1. The number of hydrogen-bond donors (Lipinski definition) is 1. The molecule has 0 radical (unpaired) electrons. The Morgan fingerprint density at radius 1 is 0.947 bits per heavy atom. The first kappa shape index (κ1) is 14.9.